The number of benzene rings is 1. The number of ether oxygens (including phenoxy) is 1. The first-order valence-electron chi connectivity index (χ1n) is 4.03. The fraction of sp³-hybridized carbons (Fsp3) is 0.222. The standard InChI is InChI=1S/C8H6Cl2O.CH3NO2/c9-6-1-5-3-11-4-7(5)8(10)2-6;2-1(3)4/h1-2H,3-4H2;2H2,(H,3,4). The third-order valence-corrected chi connectivity index (χ3v) is 2.31. The van der Waals surface area contributed by atoms with Crippen molar-refractivity contribution in [2.45, 2.75) is 13.2 Å². The molecule has 0 aliphatic carbocycles. The molecule has 4 nitrogen and oxygen atoms in total. The van der Waals surface area contributed by atoms with Crippen molar-refractivity contribution in [3.05, 3.63) is 33.3 Å². The molecule has 1 aliphatic heterocycles. The SMILES string of the molecule is Clc1cc(Cl)c2c(c1)COC2.NC(=O)O. The van der Waals surface area contributed by atoms with Crippen LogP contribution in [0.4, 0.5) is 4.79 Å². The van der Waals surface area contributed by atoms with E-state index < -0.39 is 6.09 Å². The summed E-state index contributed by atoms with van der Waals surface area (Å²) in [4.78, 5) is 8.78. The summed E-state index contributed by atoms with van der Waals surface area (Å²) in [7, 11) is 0. The number of hydrogen-bond acceptors (Lipinski definition) is 2. The van der Waals surface area contributed by atoms with Crippen molar-refractivity contribution < 1.29 is 14.6 Å². The topological polar surface area (TPSA) is 72.5 Å². The Morgan fingerprint density at radius 1 is 1.40 bits per heavy atom. The van der Waals surface area contributed by atoms with E-state index in [4.69, 9.17) is 37.8 Å². The van der Waals surface area contributed by atoms with Crippen LogP contribution in [0.15, 0.2) is 12.1 Å². The molecule has 1 heterocycles. The number of halogens is 2. The van der Waals surface area contributed by atoms with Crippen LogP contribution >= 0.6 is 23.2 Å². The van der Waals surface area contributed by atoms with Crippen molar-refractivity contribution in [3.8, 4) is 0 Å². The molecule has 1 aliphatic rings. The zero-order valence-electron chi connectivity index (χ0n) is 7.67. The Morgan fingerprint density at radius 3 is 2.60 bits per heavy atom. The minimum absolute atomic E-state index is 0.616. The zero-order chi connectivity index (χ0) is 11.4. The lowest BCUT2D eigenvalue weighted by molar-refractivity contribution is 0.134. The van der Waals surface area contributed by atoms with Gasteiger partial charge in [0, 0.05) is 15.6 Å². The zero-order valence-corrected chi connectivity index (χ0v) is 9.18. The number of fused-ring (bicyclic) bond motifs is 1. The first kappa shape index (κ1) is 12.1. The molecule has 15 heavy (non-hydrogen) atoms. The maximum absolute atomic E-state index is 8.78. The van der Waals surface area contributed by atoms with E-state index in [2.05, 4.69) is 5.73 Å². The van der Waals surface area contributed by atoms with Crippen LogP contribution < -0.4 is 5.73 Å². The molecule has 0 aromatic heterocycles. The number of amides is 1. The molecular formula is C9H9Cl2NO3. The minimum atomic E-state index is -1.33. The molecule has 82 valence electrons. The highest BCUT2D eigenvalue weighted by Crippen LogP contribution is 2.30. The Morgan fingerprint density at radius 2 is 2.00 bits per heavy atom. The fourth-order valence-electron chi connectivity index (χ4n) is 1.21. The third kappa shape index (κ3) is 3.58. The van der Waals surface area contributed by atoms with Crippen molar-refractivity contribution in [2.24, 2.45) is 5.73 Å². The highest BCUT2D eigenvalue weighted by molar-refractivity contribution is 6.35. The number of carboxylic acid groups (broad SMARTS) is 1. The number of hydrogen-bond donors (Lipinski definition) is 2. The van der Waals surface area contributed by atoms with Crippen LogP contribution in [0.3, 0.4) is 0 Å². The molecule has 0 unspecified atom stereocenters. The van der Waals surface area contributed by atoms with Gasteiger partial charge in [0.1, 0.15) is 0 Å². The van der Waals surface area contributed by atoms with E-state index in [1.165, 1.54) is 0 Å². The van der Waals surface area contributed by atoms with Crippen LogP contribution in [0.5, 0.6) is 0 Å². The van der Waals surface area contributed by atoms with E-state index in [1.807, 2.05) is 6.07 Å². The van der Waals surface area contributed by atoms with Gasteiger partial charge in [0.2, 0.25) is 0 Å². The highest BCUT2D eigenvalue weighted by Gasteiger charge is 2.14. The predicted molar refractivity (Wildman–Crippen MR) is 57.2 cm³/mol. The van der Waals surface area contributed by atoms with Gasteiger partial charge in [-0.25, -0.2) is 4.79 Å². The summed E-state index contributed by atoms with van der Waals surface area (Å²) in [5.74, 6) is 0. The van der Waals surface area contributed by atoms with Crippen LogP contribution in [0.1, 0.15) is 11.1 Å². The molecule has 1 aromatic rings. The summed E-state index contributed by atoms with van der Waals surface area (Å²) in [5.41, 5.74) is 6.22. The lowest BCUT2D eigenvalue weighted by Gasteiger charge is -1.99. The Kier molecular flexibility index (Phi) is 4.20. The molecule has 3 N–H and O–H groups in total. The van der Waals surface area contributed by atoms with E-state index in [0.717, 1.165) is 11.1 Å². The van der Waals surface area contributed by atoms with Crippen LogP contribution in [-0.2, 0) is 18.0 Å². The molecule has 0 atom stereocenters. The molecule has 0 fully saturated rings. The molecule has 0 bridgehead atoms. The van der Waals surface area contributed by atoms with E-state index in [1.54, 1.807) is 6.07 Å². The van der Waals surface area contributed by atoms with Crippen molar-refractivity contribution in [3.63, 3.8) is 0 Å². The van der Waals surface area contributed by atoms with Crippen molar-refractivity contribution in [2.75, 3.05) is 0 Å². The van der Waals surface area contributed by atoms with Crippen LogP contribution in [-0.4, -0.2) is 11.2 Å². The van der Waals surface area contributed by atoms with Crippen LogP contribution in [0, 0.1) is 0 Å². The van der Waals surface area contributed by atoms with Gasteiger partial charge >= 0.3 is 6.09 Å². The van der Waals surface area contributed by atoms with Crippen molar-refractivity contribution >= 4 is 29.3 Å². The van der Waals surface area contributed by atoms with Crippen molar-refractivity contribution in [1.29, 1.82) is 0 Å². The Bertz CT molecular complexity index is 378. The van der Waals surface area contributed by atoms with Gasteiger partial charge in [-0.3, -0.25) is 0 Å². The van der Waals surface area contributed by atoms with Crippen LogP contribution in [0.25, 0.3) is 0 Å². The van der Waals surface area contributed by atoms with Gasteiger partial charge in [-0.2, -0.15) is 0 Å². The normalized spacial score (nSPS) is 12.7. The van der Waals surface area contributed by atoms with E-state index in [9.17, 15) is 0 Å². The van der Waals surface area contributed by atoms with Crippen molar-refractivity contribution in [1.82, 2.24) is 0 Å². The average Bonchev–Trinajstić information content (AvgIpc) is 2.50. The second-order valence-electron chi connectivity index (χ2n) is 2.86. The maximum atomic E-state index is 8.78. The van der Waals surface area contributed by atoms with Gasteiger partial charge in [-0.05, 0) is 17.7 Å². The number of carbonyl (C=O) groups is 1. The summed E-state index contributed by atoms with van der Waals surface area (Å²) in [6.07, 6.45) is -1.33. The fourth-order valence-corrected chi connectivity index (χ4v) is 1.80. The monoisotopic (exact) mass is 249 g/mol. The third-order valence-electron chi connectivity index (χ3n) is 1.76. The van der Waals surface area contributed by atoms with Gasteiger partial charge in [-0.15, -0.1) is 0 Å². The maximum Gasteiger partial charge on any atom is 0.402 e. The molecule has 2 rings (SSSR count). The summed E-state index contributed by atoms with van der Waals surface area (Å²) < 4.78 is 5.21. The number of nitrogens with two attached hydrogens (primary N) is 1. The smallest absolute Gasteiger partial charge is 0.402 e. The molecule has 0 saturated carbocycles. The molecular weight excluding hydrogens is 241 g/mol. The van der Waals surface area contributed by atoms with E-state index in [0.29, 0.717) is 23.3 Å². The molecule has 0 radical (unpaired) electrons. The minimum Gasteiger partial charge on any atom is -0.465 e. The summed E-state index contributed by atoms with van der Waals surface area (Å²) in [5, 5.41) is 8.59. The molecule has 0 spiro atoms. The van der Waals surface area contributed by atoms with Gasteiger partial charge < -0.3 is 15.6 Å². The predicted octanol–water partition coefficient (Wildman–Crippen LogP) is 2.65. The number of primary amides is 1. The summed E-state index contributed by atoms with van der Waals surface area (Å²) >= 11 is 11.7. The molecule has 6 heteroatoms. The van der Waals surface area contributed by atoms with E-state index >= 15 is 0 Å². The lowest BCUT2D eigenvalue weighted by atomic mass is 10.1. The molecule has 0 saturated heterocycles. The van der Waals surface area contributed by atoms with Gasteiger partial charge in [0.25, 0.3) is 0 Å². The first-order chi connectivity index (χ1) is 7.00. The van der Waals surface area contributed by atoms with Gasteiger partial charge in [-0.1, -0.05) is 23.2 Å². The van der Waals surface area contributed by atoms with Gasteiger partial charge in [0.15, 0.2) is 0 Å². The Hall–Kier alpha value is -0.970. The highest BCUT2D eigenvalue weighted by atomic mass is 35.5. The second-order valence-corrected chi connectivity index (χ2v) is 3.70. The average molecular weight is 250 g/mol. The largest absolute Gasteiger partial charge is 0.465 e. The Labute approximate surface area is 96.5 Å². The summed E-state index contributed by atoms with van der Waals surface area (Å²) in [6, 6.07) is 3.65. The second kappa shape index (κ2) is 5.21. The Balaban J connectivity index is 0.000000245. The quantitative estimate of drug-likeness (QED) is 0.743. The molecule has 1 amide bonds. The van der Waals surface area contributed by atoms with Crippen LogP contribution in [0.2, 0.25) is 10.0 Å². The van der Waals surface area contributed by atoms with E-state index in [-0.39, 0.29) is 0 Å². The van der Waals surface area contributed by atoms with Gasteiger partial charge in [0.05, 0.1) is 13.2 Å². The molecule has 1 aromatic carbocycles. The lowest BCUT2D eigenvalue weighted by Crippen LogP contribution is -2.03. The summed E-state index contributed by atoms with van der Waals surface area (Å²) in [6.45, 7) is 1.25. The first-order valence-corrected chi connectivity index (χ1v) is 4.79. The number of rotatable bonds is 0.